The van der Waals surface area contributed by atoms with Gasteiger partial charge in [-0.25, -0.2) is 8.42 Å². The first-order valence-corrected chi connectivity index (χ1v) is 13.8. The van der Waals surface area contributed by atoms with Crippen LogP contribution in [0.3, 0.4) is 0 Å². The third-order valence-corrected chi connectivity index (χ3v) is 8.01. The summed E-state index contributed by atoms with van der Waals surface area (Å²) in [5, 5.41) is 2.64. The van der Waals surface area contributed by atoms with Gasteiger partial charge in [0.25, 0.3) is 10.0 Å². The van der Waals surface area contributed by atoms with E-state index in [-0.39, 0.29) is 17.3 Å². The van der Waals surface area contributed by atoms with Gasteiger partial charge in [-0.1, -0.05) is 61.5 Å². The number of anilines is 1. The molecule has 7 nitrogen and oxygen atoms in total. The SMILES string of the molecule is CC[C@@H](C(=O)NC)N(CCc1ccccc1)C(=O)CN(c1cc(C)cc(C)c1)S(=O)(=O)c1ccccc1. The van der Waals surface area contributed by atoms with E-state index >= 15 is 0 Å². The van der Waals surface area contributed by atoms with Crippen molar-refractivity contribution in [3.05, 3.63) is 95.6 Å². The van der Waals surface area contributed by atoms with Gasteiger partial charge in [0, 0.05) is 13.6 Å². The summed E-state index contributed by atoms with van der Waals surface area (Å²) in [5.74, 6) is -0.724. The molecule has 2 amide bonds. The lowest BCUT2D eigenvalue weighted by Crippen LogP contribution is -2.52. The van der Waals surface area contributed by atoms with Gasteiger partial charge in [-0.05, 0) is 67.6 Å². The summed E-state index contributed by atoms with van der Waals surface area (Å²) >= 11 is 0. The van der Waals surface area contributed by atoms with E-state index < -0.39 is 28.5 Å². The third-order valence-electron chi connectivity index (χ3n) is 6.22. The Morgan fingerprint density at radius 2 is 1.46 bits per heavy atom. The van der Waals surface area contributed by atoms with E-state index in [0.29, 0.717) is 18.5 Å². The van der Waals surface area contributed by atoms with Crippen LogP contribution >= 0.6 is 0 Å². The average molecular weight is 522 g/mol. The van der Waals surface area contributed by atoms with Crippen LogP contribution in [0.5, 0.6) is 0 Å². The lowest BCUT2D eigenvalue weighted by atomic mass is 10.1. The molecule has 0 bridgehead atoms. The summed E-state index contributed by atoms with van der Waals surface area (Å²) in [4.78, 5) is 28.2. The molecule has 0 aliphatic heterocycles. The largest absolute Gasteiger partial charge is 0.357 e. The Morgan fingerprint density at radius 1 is 0.892 bits per heavy atom. The van der Waals surface area contributed by atoms with E-state index in [2.05, 4.69) is 5.32 Å². The van der Waals surface area contributed by atoms with E-state index in [0.717, 1.165) is 21.0 Å². The number of nitrogens with one attached hydrogen (secondary N) is 1. The van der Waals surface area contributed by atoms with E-state index in [1.165, 1.54) is 24.1 Å². The number of benzene rings is 3. The zero-order valence-electron chi connectivity index (χ0n) is 21.8. The monoisotopic (exact) mass is 521 g/mol. The van der Waals surface area contributed by atoms with Crippen molar-refractivity contribution in [1.82, 2.24) is 10.2 Å². The number of amides is 2. The fraction of sp³-hybridized carbons (Fsp3) is 0.310. The number of carbonyl (C=O) groups is 2. The number of nitrogens with zero attached hydrogens (tertiary/aromatic N) is 2. The molecule has 0 fully saturated rings. The maximum atomic E-state index is 13.9. The quantitative estimate of drug-likeness (QED) is 0.412. The Bertz CT molecular complexity index is 1290. The maximum absolute atomic E-state index is 13.9. The molecular weight excluding hydrogens is 486 g/mol. The van der Waals surface area contributed by atoms with E-state index in [9.17, 15) is 18.0 Å². The van der Waals surface area contributed by atoms with Crippen LogP contribution in [-0.2, 0) is 26.0 Å². The second-order valence-electron chi connectivity index (χ2n) is 9.03. The number of carbonyl (C=O) groups excluding carboxylic acids is 2. The van der Waals surface area contributed by atoms with Crippen LogP contribution in [0.1, 0.15) is 30.0 Å². The fourth-order valence-electron chi connectivity index (χ4n) is 4.41. The Hall–Kier alpha value is -3.65. The minimum absolute atomic E-state index is 0.0936. The van der Waals surface area contributed by atoms with Crippen LogP contribution < -0.4 is 9.62 Å². The number of rotatable bonds is 11. The van der Waals surface area contributed by atoms with Gasteiger partial charge in [-0.15, -0.1) is 0 Å². The first kappa shape index (κ1) is 27.9. The second-order valence-corrected chi connectivity index (χ2v) is 10.9. The molecule has 0 spiro atoms. The van der Waals surface area contributed by atoms with Gasteiger partial charge in [0.15, 0.2) is 0 Å². The van der Waals surface area contributed by atoms with E-state index in [1.54, 1.807) is 30.3 Å². The van der Waals surface area contributed by atoms with Crippen molar-refractivity contribution in [3.63, 3.8) is 0 Å². The zero-order chi connectivity index (χ0) is 27.0. The smallest absolute Gasteiger partial charge is 0.264 e. The fourth-order valence-corrected chi connectivity index (χ4v) is 5.82. The van der Waals surface area contributed by atoms with Crippen LogP contribution in [0.25, 0.3) is 0 Å². The highest BCUT2D eigenvalue weighted by Crippen LogP contribution is 2.26. The molecule has 0 aliphatic carbocycles. The Kier molecular flexibility index (Phi) is 9.47. The first-order chi connectivity index (χ1) is 17.7. The summed E-state index contributed by atoms with van der Waals surface area (Å²) in [5.41, 5.74) is 3.20. The molecular formula is C29H35N3O4S. The van der Waals surface area contributed by atoms with Crippen molar-refractivity contribution in [2.75, 3.05) is 24.4 Å². The standard InChI is InChI=1S/C29H35N3O4S/c1-5-27(29(34)30-4)31(17-16-24-12-8-6-9-13-24)28(33)21-32(25-19-22(2)18-23(3)20-25)37(35,36)26-14-10-7-11-15-26/h6-15,18-20,27H,5,16-17,21H2,1-4H3,(H,30,34)/t27-/m0/s1. The molecule has 3 aromatic carbocycles. The van der Waals surface area contributed by atoms with Gasteiger partial charge in [0.1, 0.15) is 12.6 Å². The number of sulfonamides is 1. The van der Waals surface area contributed by atoms with Crippen LogP contribution in [-0.4, -0.2) is 51.3 Å². The van der Waals surface area contributed by atoms with Gasteiger partial charge < -0.3 is 10.2 Å². The third kappa shape index (κ3) is 6.98. The average Bonchev–Trinajstić information content (AvgIpc) is 2.89. The number of hydrogen-bond donors (Lipinski definition) is 1. The molecule has 0 aromatic heterocycles. The number of hydrogen-bond acceptors (Lipinski definition) is 4. The molecule has 0 aliphatic rings. The lowest BCUT2D eigenvalue weighted by Gasteiger charge is -2.33. The normalized spacial score (nSPS) is 12.0. The van der Waals surface area contributed by atoms with Crippen molar-refractivity contribution < 1.29 is 18.0 Å². The van der Waals surface area contributed by atoms with Crippen molar-refractivity contribution in [2.24, 2.45) is 0 Å². The van der Waals surface area contributed by atoms with Gasteiger partial charge in [-0.2, -0.15) is 0 Å². The highest BCUT2D eigenvalue weighted by molar-refractivity contribution is 7.92. The molecule has 0 heterocycles. The number of likely N-dealkylation sites (N-methyl/N-ethyl adjacent to an activating group) is 1. The van der Waals surface area contributed by atoms with E-state index in [4.69, 9.17) is 0 Å². The maximum Gasteiger partial charge on any atom is 0.264 e. The number of aryl methyl sites for hydroxylation is 2. The Balaban J connectivity index is 2.02. The minimum Gasteiger partial charge on any atom is -0.357 e. The molecule has 0 unspecified atom stereocenters. The molecule has 0 radical (unpaired) electrons. The Morgan fingerprint density at radius 3 is 2.00 bits per heavy atom. The van der Waals surface area contributed by atoms with Crippen LogP contribution in [0.15, 0.2) is 83.8 Å². The first-order valence-electron chi connectivity index (χ1n) is 12.4. The van der Waals surface area contributed by atoms with Gasteiger partial charge in [-0.3, -0.25) is 13.9 Å². The topological polar surface area (TPSA) is 86.8 Å². The van der Waals surface area contributed by atoms with Gasteiger partial charge in [0.2, 0.25) is 11.8 Å². The van der Waals surface area contributed by atoms with Crippen LogP contribution in [0.4, 0.5) is 5.69 Å². The van der Waals surface area contributed by atoms with Gasteiger partial charge >= 0.3 is 0 Å². The highest BCUT2D eigenvalue weighted by Gasteiger charge is 2.33. The molecule has 0 saturated heterocycles. The summed E-state index contributed by atoms with van der Waals surface area (Å²) < 4.78 is 28.7. The van der Waals surface area contributed by atoms with Crippen molar-refractivity contribution in [2.45, 2.75) is 44.6 Å². The molecule has 3 aromatic rings. The predicted molar refractivity (Wildman–Crippen MR) is 147 cm³/mol. The van der Waals surface area contributed by atoms with Crippen LogP contribution in [0.2, 0.25) is 0 Å². The zero-order valence-corrected chi connectivity index (χ0v) is 22.7. The molecule has 1 N–H and O–H groups in total. The van der Waals surface area contributed by atoms with E-state index in [1.807, 2.05) is 57.2 Å². The molecule has 3 rings (SSSR count). The molecule has 37 heavy (non-hydrogen) atoms. The molecule has 196 valence electrons. The second kappa shape index (κ2) is 12.5. The molecule has 1 atom stereocenters. The van der Waals surface area contributed by atoms with Crippen LogP contribution in [0, 0.1) is 13.8 Å². The predicted octanol–water partition coefficient (Wildman–Crippen LogP) is 4.09. The van der Waals surface area contributed by atoms with Crippen molar-refractivity contribution in [3.8, 4) is 0 Å². The highest BCUT2D eigenvalue weighted by atomic mass is 32.2. The van der Waals surface area contributed by atoms with Gasteiger partial charge in [0.05, 0.1) is 10.6 Å². The van der Waals surface area contributed by atoms with Crippen molar-refractivity contribution in [1.29, 1.82) is 0 Å². The molecule has 0 saturated carbocycles. The summed E-state index contributed by atoms with van der Waals surface area (Å²) in [6.45, 7) is 5.46. The Labute approximate surface area is 220 Å². The van der Waals surface area contributed by atoms with Crippen molar-refractivity contribution >= 4 is 27.5 Å². The lowest BCUT2D eigenvalue weighted by molar-refractivity contribution is -0.139. The summed E-state index contributed by atoms with van der Waals surface area (Å²) in [7, 11) is -2.52. The molecule has 8 heteroatoms. The summed E-state index contributed by atoms with van der Waals surface area (Å²) in [6.07, 6.45) is 0.935. The minimum atomic E-state index is -4.06. The summed E-state index contributed by atoms with van der Waals surface area (Å²) in [6, 6.07) is 22.5.